The van der Waals surface area contributed by atoms with Crippen LogP contribution in [0, 0.1) is 11.9 Å². The van der Waals surface area contributed by atoms with Gasteiger partial charge in [-0.25, -0.2) is 4.98 Å². The molecule has 2 aromatic carbocycles. The van der Waals surface area contributed by atoms with Crippen molar-refractivity contribution in [3.8, 4) is 28.1 Å². The number of halogens is 2. The number of benzene rings is 2. The highest BCUT2D eigenvalue weighted by Crippen LogP contribution is 2.60. The van der Waals surface area contributed by atoms with Crippen LogP contribution in [0.15, 0.2) is 76.6 Å². The Hall–Kier alpha value is -4.90. The predicted octanol–water partition coefficient (Wildman–Crippen LogP) is 4.22. The SMILES string of the molecule is O=c1ccc2cc(-c3[nH]c(C4C5CC5c5cc(-c6cc(Cl)ccc6-n6cnnn6)cc(=O)n54)nc3F)ccc2[nH]1. The van der Waals surface area contributed by atoms with Crippen LogP contribution in [0.4, 0.5) is 4.39 Å². The summed E-state index contributed by atoms with van der Waals surface area (Å²) in [6, 6.07) is 16.9. The Bertz CT molecular complexity index is 2100. The molecule has 0 saturated heterocycles. The molecule has 6 aromatic rings. The summed E-state index contributed by atoms with van der Waals surface area (Å²) in [6.45, 7) is 0. The van der Waals surface area contributed by atoms with Gasteiger partial charge < -0.3 is 14.5 Å². The molecule has 2 aliphatic rings. The molecule has 3 unspecified atom stereocenters. The summed E-state index contributed by atoms with van der Waals surface area (Å²) in [5, 5.41) is 12.7. The van der Waals surface area contributed by atoms with Crippen LogP contribution in [0.2, 0.25) is 5.02 Å². The van der Waals surface area contributed by atoms with E-state index < -0.39 is 12.0 Å². The second-order valence-corrected chi connectivity index (χ2v) is 10.6. The van der Waals surface area contributed by atoms with Crippen molar-refractivity contribution < 1.29 is 4.39 Å². The lowest BCUT2D eigenvalue weighted by Crippen LogP contribution is -2.26. The monoisotopic (exact) mass is 552 g/mol. The van der Waals surface area contributed by atoms with E-state index in [1.165, 1.54) is 17.1 Å². The summed E-state index contributed by atoms with van der Waals surface area (Å²) in [5.41, 5.74) is 4.09. The first kappa shape index (κ1) is 23.0. The molecule has 3 atom stereocenters. The van der Waals surface area contributed by atoms with Crippen LogP contribution in [0.3, 0.4) is 0 Å². The van der Waals surface area contributed by atoms with E-state index >= 15 is 4.39 Å². The van der Waals surface area contributed by atoms with Crippen molar-refractivity contribution in [2.75, 3.05) is 0 Å². The number of nitrogens with zero attached hydrogens (tertiary/aromatic N) is 6. The van der Waals surface area contributed by atoms with E-state index in [0.29, 0.717) is 33.2 Å². The molecule has 1 saturated carbocycles. The molecule has 5 heterocycles. The largest absolute Gasteiger partial charge is 0.338 e. The van der Waals surface area contributed by atoms with Gasteiger partial charge in [0.15, 0.2) is 0 Å². The van der Waals surface area contributed by atoms with Crippen LogP contribution < -0.4 is 11.1 Å². The van der Waals surface area contributed by atoms with Crippen molar-refractivity contribution >= 4 is 22.5 Å². The van der Waals surface area contributed by atoms with Gasteiger partial charge in [-0.15, -0.1) is 5.10 Å². The van der Waals surface area contributed by atoms with Crippen molar-refractivity contribution in [3.63, 3.8) is 0 Å². The molecule has 40 heavy (non-hydrogen) atoms. The zero-order valence-electron chi connectivity index (χ0n) is 20.5. The molecule has 8 rings (SSSR count). The number of rotatable bonds is 4. The molecule has 0 spiro atoms. The van der Waals surface area contributed by atoms with Gasteiger partial charge in [0.25, 0.3) is 5.56 Å². The maximum Gasteiger partial charge on any atom is 0.252 e. The van der Waals surface area contributed by atoms with E-state index in [1.54, 1.807) is 53.1 Å². The first-order valence-corrected chi connectivity index (χ1v) is 13.0. The number of H-pyrrole nitrogens is 2. The minimum atomic E-state index is -0.640. The van der Waals surface area contributed by atoms with Gasteiger partial charge in [0.1, 0.15) is 17.8 Å². The third-order valence-corrected chi connectivity index (χ3v) is 8.07. The van der Waals surface area contributed by atoms with E-state index in [0.717, 1.165) is 23.1 Å². The Morgan fingerprint density at radius 3 is 2.73 bits per heavy atom. The van der Waals surface area contributed by atoms with E-state index in [1.807, 2.05) is 6.07 Å². The molecule has 4 aromatic heterocycles. The van der Waals surface area contributed by atoms with Crippen molar-refractivity contribution in [2.45, 2.75) is 18.4 Å². The molecule has 0 amide bonds. The fourth-order valence-electron chi connectivity index (χ4n) is 5.98. The first-order valence-electron chi connectivity index (χ1n) is 12.6. The minimum Gasteiger partial charge on any atom is -0.338 e. The van der Waals surface area contributed by atoms with Crippen LogP contribution in [-0.2, 0) is 0 Å². The number of pyridine rings is 2. The van der Waals surface area contributed by atoms with Gasteiger partial charge in [-0.05, 0) is 76.2 Å². The van der Waals surface area contributed by atoms with Crippen molar-refractivity contribution in [1.82, 2.24) is 39.7 Å². The number of tetrazole rings is 1. The maximum absolute atomic E-state index is 15.2. The summed E-state index contributed by atoms with van der Waals surface area (Å²) >= 11 is 6.32. The van der Waals surface area contributed by atoms with Gasteiger partial charge in [0, 0.05) is 45.4 Å². The van der Waals surface area contributed by atoms with Gasteiger partial charge >= 0.3 is 0 Å². The summed E-state index contributed by atoms with van der Waals surface area (Å²) < 4.78 is 18.5. The molecule has 1 aliphatic carbocycles. The predicted molar refractivity (Wildman–Crippen MR) is 145 cm³/mol. The molecule has 0 bridgehead atoms. The van der Waals surface area contributed by atoms with Crippen molar-refractivity contribution in [2.24, 2.45) is 5.92 Å². The second kappa shape index (κ2) is 8.30. The highest BCUT2D eigenvalue weighted by atomic mass is 35.5. The molecule has 10 nitrogen and oxygen atoms in total. The van der Waals surface area contributed by atoms with Crippen molar-refractivity contribution in [3.05, 3.63) is 110 Å². The van der Waals surface area contributed by atoms with E-state index in [-0.39, 0.29) is 28.6 Å². The Kier molecular flexibility index (Phi) is 4.78. The standard InChI is InChI=1S/C28H18ClFN8O2/c29-16-3-5-21(37-12-31-35-36-37)17(10-16)15-8-22-18-11-19(18)26(38(22)24(40)9-15)28-33-25(27(30)34-28)14-1-4-20-13(7-14)2-6-23(39)32-20/h1-10,12,18-19,26H,11H2,(H,32,39)(H,33,34). The molecule has 12 heteroatoms. The topological polar surface area (TPSA) is 127 Å². The molecule has 0 radical (unpaired) electrons. The summed E-state index contributed by atoms with van der Waals surface area (Å²) in [6.07, 6.45) is 2.36. The molecule has 196 valence electrons. The average Bonchev–Trinajstić information content (AvgIpc) is 3.24. The van der Waals surface area contributed by atoms with E-state index in [9.17, 15) is 9.59 Å². The Balaban J connectivity index is 1.21. The fourth-order valence-corrected chi connectivity index (χ4v) is 6.15. The van der Waals surface area contributed by atoms with Gasteiger partial charge in [-0.2, -0.15) is 9.07 Å². The van der Waals surface area contributed by atoms with Gasteiger partial charge in [-0.1, -0.05) is 17.7 Å². The lowest BCUT2D eigenvalue weighted by atomic mass is 10.0. The molecule has 1 aliphatic heterocycles. The molecule has 2 N–H and O–H groups in total. The molecular weight excluding hydrogens is 535 g/mol. The number of aromatic nitrogens is 8. The summed E-state index contributed by atoms with van der Waals surface area (Å²) in [4.78, 5) is 35.4. The highest BCUT2D eigenvalue weighted by Gasteiger charge is 2.54. The quantitative estimate of drug-likeness (QED) is 0.337. The number of nitrogens with one attached hydrogen (secondary N) is 2. The average molecular weight is 553 g/mol. The third kappa shape index (κ3) is 3.47. The highest BCUT2D eigenvalue weighted by molar-refractivity contribution is 6.31. The summed E-state index contributed by atoms with van der Waals surface area (Å²) in [7, 11) is 0. The zero-order valence-corrected chi connectivity index (χ0v) is 21.3. The Morgan fingerprint density at radius 1 is 0.975 bits per heavy atom. The first-order chi connectivity index (χ1) is 19.4. The van der Waals surface area contributed by atoms with Gasteiger partial charge in [0.05, 0.1) is 11.7 Å². The normalized spacial score (nSPS) is 19.1. The molecule has 1 fully saturated rings. The van der Waals surface area contributed by atoms with Crippen LogP contribution in [0.5, 0.6) is 0 Å². The van der Waals surface area contributed by atoms with Crippen LogP contribution in [0.1, 0.15) is 29.9 Å². The maximum atomic E-state index is 15.2. The smallest absolute Gasteiger partial charge is 0.252 e. The van der Waals surface area contributed by atoms with Gasteiger partial charge in [-0.3, -0.25) is 9.59 Å². The zero-order chi connectivity index (χ0) is 27.1. The minimum absolute atomic E-state index is 0.140. The van der Waals surface area contributed by atoms with Crippen molar-refractivity contribution in [1.29, 1.82) is 0 Å². The van der Waals surface area contributed by atoms with Crippen LogP contribution >= 0.6 is 11.6 Å². The number of fused-ring (bicyclic) bond motifs is 4. The third-order valence-electron chi connectivity index (χ3n) is 7.84. The number of hydrogen-bond donors (Lipinski definition) is 2. The number of imidazole rings is 1. The van der Waals surface area contributed by atoms with Crippen LogP contribution in [-0.4, -0.2) is 39.7 Å². The van der Waals surface area contributed by atoms with E-state index in [2.05, 4.69) is 30.5 Å². The Labute approximate surface area is 229 Å². The summed E-state index contributed by atoms with van der Waals surface area (Å²) in [5.74, 6) is 0.0789. The number of hydrogen-bond acceptors (Lipinski definition) is 6. The lowest BCUT2D eigenvalue weighted by Gasteiger charge is -2.17. The van der Waals surface area contributed by atoms with Crippen LogP contribution in [0.25, 0.3) is 39.0 Å². The van der Waals surface area contributed by atoms with Gasteiger partial charge in [0.2, 0.25) is 11.5 Å². The fraction of sp³-hybridized carbons (Fsp3) is 0.143. The van der Waals surface area contributed by atoms with E-state index in [4.69, 9.17) is 11.6 Å². The number of aromatic amines is 2. The molecular formula is C28H18ClFN8O2. The Morgan fingerprint density at radius 2 is 1.88 bits per heavy atom. The lowest BCUT2D eigenvalue weighted by molar-refractivity contribution is 0.504. The second-order valence-electron chi connectivity index (χ2n) is 10.2.